The second kappa shape index (κ2) is 15.4. The van der Waals surface area contributed by atoms with Crippen molar-refractivity contribution in [2.45, 2.75) is 59.7 Å². The van der Waals surface area contributed by atoms with Crippen molar-refractivity contribution in [2.75, 3.05) is 0 Å². The number of aliphatic hydroxyl groups is 1. The molecule has 6 rings (SSSR count). The Morgan fingerprint density at radius 1 is 0.740 bits per heavy atom. The van der Waals surface area contributed by atoms with Crippen molar-refractivity contribution in [1.82, 2.24) is 49.1 Å². The summed E-state index contributed by atoms with van der Waals surface area (Å²) in [4.78, 5) is 20.2. The van der Waals surface area contributed by atoms with Crippen LogP contribution in [0.5, 0.6) is 0 Å². The van der Waals surface area contributed by atoms with Crippen molar-refractivity contribution < 1.29 is 18.7 Å². The van der Waals surface area contributed by atoms with Crippen molar-refractivity contribution in [3.63, 3.8) is 0 Å². The Kier molecular flexibility index (Phi) is 11.2. The van der Waals surface area contributed by atoms with Gasteiger partial charge in [0.2, 0.25) is 0 Å². The Bertz CT molecular complexity index is 2150. The molecule has 6 heterocycles. The summed E-state index contributed by atoms with van der Waals surface area (Å²) >= 11 is 12.4. The molecule has 0 aliphatic carbocycles. The molecule has 1 atom stereocenters. The molecule has 0 fully saturated rings. The van der Waals surface area contributed by atoms with Gasteiger partial charge in [0.1, 0.15) is 28.7 Å². The average molecular weight is 726 g/mol. The third-order valence-corrected chi connectivity index (χ3v) is 8.44. The van der Waals surface area contributed by atoms with Crippen LogP contribution in [0.2, 0.25) is 10.3 Å². The molecule has 262 valence electrons. The number of nitrogens with zero attached hydrogens (tertiary/aromatic N) is 10. The summed E-state index contributed by atoms with van der Waals surface area (Å²) < 4.78 is 33.9. The average Bonchev–Trinajstić information content (AvgIpc) is 3.83. The van der Waals surface area contributed by atoms with Gasteiger partial charge in [0.15, 0.2) is 16.1 Å². The van der Waals surface area contributed by atoms with Gasteiger partial charge in [0.05, 0.1) is 24.2 Å². The van der Waals surface area contributed by atoms with E-state index in [4.69, 9.17) is 23.2 Å². The second-order valence-electron chi connectivity index (χ2n) is 11.7. The van der Waals surface area contributed by atoms with Crippen LogP contribution in [0.1, 0.15) is 72.0 Å². The number of carbonyl (C=O) groups excluding carboxylic acids is 1. The molecule has 16 heteroatoms. The largest absolute Gasteiger partial charge is 0.389 e. The molecule has 0 aliphatic heterocycles. The predicted octanol–water partition coefficient (Wildman–Crippen LogP) is 6.42. The number of halogens is 4. The minimum Gasteiger partial charge on any atom is -0.389 e. The zero-order valence-electron chi connectivity index (χ0n) is 28.4. The van der Waals surface area contributed by atoms with Gasteiger partial charge in [-0.05, 0) is 39.8 Å². The molecular weight excluding hydrogens is 689 g/mol. The van der Waals surface area contributed by atoms with Gasteiger partial charge in [-0.2, -0.15) is 20.4 Å². The first-order valence-corrected chi connectivity index (χ1v) is 16.5. The molecule has 6 aromatic heterocycles. The van der Waals surface area contributed by atoms with Crippen LogP contribution in [0.4, 0.5) is 8.78 Å². The number of rotatable bonds is 10. The molecule has 12 nitrogen and oxygen atoms in total. The van der Waals surface area contributed by atoms with Crippen LogP contribution in [0.15, 0.2) is 49.3 Å². The third kappa shape index (κ3) is 8.15. The predicted molar refractivity (Wildman–Crippen MR) is 185 cm³/mol. The van der Waals surface area contributed by atoms with E-state index in [0.29, 0.717) is 58.0 Å². The number of hydrogen-bond donors (Lipinski definition) is 1. The number of ketones is 1. The first-order chi connectivity index (χ1) is 23.8. The van der Waals surface area contributed by atoms with E-state index >= 15 is 0 Å². The lowest BCUT2D eigenvalue weighted by Gasteiger charge is -2.10. The van der Waals surface area contributed by atoms with Crippen LogP contribution in [0.3, 0.4) is 0 Å². The Balaban J connectivity index is 0.000000194. The number of aryl methyl sites for hydroxylation is 4. The molecule has 6 aromatic rings. The van der Waals surface area contributed by atoms with E-state index in [1.807, 2.05) is 38.6 Å². The third-order valence-electron chi connectivity index (χ3n) is 7.81. The van der Waals surface area contributed by atoms with Gasteiger partial charge in [0.25, 0.3) is 0 Å². The second-order valence-corrected chi connectivity index (χ2v) is 12.4. The van der Waals surface area contributed by atoms with E-state index in [1.54, 1.807) is 39.7 Å². The van der Waals surface area contributed by atoms with Crippen LogP contribution >= 0.6 is 23.2 Å². The van der Waals surface area contributed by atoms with Crippen LogP contribution in [-0.4, -0.2) is 60.0 Å². The molecule has 0 aliphatic rings. The first-order valence-electron chi connectivity index (χ1n) is 15.8. The number of hydrogen-bond acceptors (Lipinski definition) is 8. The fraction of sp³-hybridized carbons (Fsp3) is 0.324. The van der Waals surface area contributed by atoms with Crippen LogP contribution in [0.25, 0.3) is 22.8 Å². The summed E-state index contributed by atoms with van der Waals surface area (Å²) in [7, 11) is 3.58. The quantitative estimate of drug-likeness (QED) is 0.160. The van der Waals surface area contributed by atoms with Crippen molar-refractivity contribution in [3.8, 4) is 22.8 Å². The molecule has 0 amide bonds. The van der Waals surface area contributed by atoms with E-state index < -0.39 is 17.7 Å². The van der Waals surface area contributed by atoms with Crippen molar-refractivity contribution in [2.24, 2.45) is 14.1 Å². The van der Waals surface area contributed by atoms with Crippen LogP contribution in [0, 0.1) is 11.6 Å². The van der Waals surface area contributed by atoms with E-state index in [2.05, 4.69) is 30.4 Å². The lowest BCUT2D eigenvalue weighted by molar-refractivity contribution is 0.101. The van der Waals surface area contributed by atoms with E-state index in [9.17, 15) is 18.7 Å². The van der Waals surface area contributed by atoms with Gasteiger partial charge in [-0.25, -0.2) is 8.78 Å². The van der Waals surface area contributed by atoms with Crippen molar-refractivity contribution >= 4 is 29.0 Å². The monoisotopic (exact) mass is 724 g/mol. The Morgan fingerprint density at radius 3 is 1.64 bits per heavy atom. The first kappa shape index (κ1) is 36.5. The Labute approximate surface area is 297 Å². The fourth-order valence-electron chi connectivity index (χ4n) is 5.45. The molecule has 50 heavy (non-hydrogen) atoms. The molecular formula is C34H36Cl2F2N10O2. The van der Waals surface area contributed by atoms with Gasteiger partial charge < -0.3 is 5.11 Å². The van der Waals surface area contributed by atoms with Crippen molar-refractivity contribution in [3.05, 3.63) is 105 Å². The maximum atomic E-state index is 13.5. The van der Waals surface area contributed by atoms with Crippen LogP contribution in [-0.2, 0) is 40.0 Å². The zero-order chi connectivity index (χ0) is 36.3. The number of Topliss-reactive ketones (excluding diaryl/α,β-unsaturated/α-hetero) is 1. The molecule has 1 unspecified atom stereocenters. The maximum absolute atomic E-state index is 13.5. The molecule has 0 saturated carbocycles. The summed E-state index contributed by atoms with van der Waals surface area (Å²) in [6.07, 6.45) is 9.83. The summed E-state index contributed by atoms with van der Waals surface area (Å²) in [5.41, 5.74) is 6.00. The molecule has 0 radical (unpaired) electrons. The topological polar surface area (TPSA) is 134 Å². The van der Waals surface area contributed by atoms with Gasteiger partial charge in [-0.3, -0.25) is 33.5 Å². The highest BCUT2D eigenvalue weighted by atomic mass is 35.5. The molecule has 0 saturated heterocycles. The number of aromatic nitrogens is 10. The Hall–Kier alpha value is -4.79. The molecule has 0 spiro atoms. The SMILES string of the molecule is CCn1cc(Cc2cn(C)nc2-c2ncc(F)cc2C(C)=O)c(Cl)n1.CCn1cc(Cc2cn(C)nc2-c2ncc(F)cc2C(C)O)c(Cl)n1. The van der Waals surface area contributed by atoms with Gasteiger partial charge in [0, 0.05) is 98.2 Å². The van der Waals surface area contributed by atoms with Crippen LogP contribution < -0.4 is 0 Å². The number of carbonyl (C=O) groups is 1. The summed E-state index contributed by atoms with van der Waals surface area (Å²) in [6, 6.07) is 2.47. The van der Waals surface area contributed by atoms with Gasteiger partial charge in [-0.1, -0.05) is 23.2 Å². The number of pyridine rings is 2. The van der Waals surface area contributed by atoms with E-state index in [-0.39, 0.29) is 11.3 Å². The minimum absolute atomic E-state index is 0.204. The van der Waals surface area contributed by atoms with E-state index in [0.717, 1.165) is 41.2 Å². The smallest absolute Gasteiger partial charge is 0.162 e. The highest BCUT2D eigenvalue weighted by molar-refractivity contribution is 6.30. The fourth-order valence-corrected chi connectivity index (χ4v) is 5.88. The van der Waals surface area contributed by atoms with Crippen molar-refractivity contribution in [1.29, 1.82) is 0 Å². The normalized spacial score (nSPS) is 11.8. The lowest BCUT2D eigenvalue weighted by Crippen LogP contribution is -2.02. The molecule has 1 N–H and O–H groups in total. The van der Waals surface area contributed by atoms with Gasteiger partial charge >= 0.3 is 0 Å². The maximum Gasteiger partial charge on any atom is 0.162 e. The molecule has 0 aromatic carbocycles. The van der Waals surface area contributed by atoms with Gasteiger partial charge in [-0.15, -0.1) is 0 Å². The molecule has 0 bridgehead atoms. The zero-order valence-corrected chi connectivity index (χ0v) is 29.9. The minimum atomic E-state index is -0.862. The highest BCUT2D eigenvalue weighted by Gasteiger charge is 2.22. The lowest BCUT2D eigenvalue weighted by atomic mass is 10.0. The highest BCUT2D eigenvalue weighted by Crippen LogP contribution is 2.31. The standard InChI is InChI=1S/C17H19ClFN5O.C17H17ClFN5O/c2*1-4-24-9-12(17(18)22-24)5-11-8-23(3)21-15(11)16-14(10(2)25)6-13(19)7-20-16/h6-10,25H,4-5H2,1-3H3;6-9H,4-5H2,1-3H3. The summed E-state index contributed by atoms with van der Waals surface area (Å²) in [6.45, 7) is 8.36. The summed E-state index contributed by atoms with van der Waals surface area (Å²) in [5, 5.41) is 28.2. The Morgan fingerprint density at radius 2 is 1.20 bits per heavy atom. The van der Waals surface area contributed by atoms with E-state index in [1.165, 1.54) is 19.1 Å². The number of aliphatic hydroxyl groups excluding tert-OH is 1. The summed E-state index contributed by atoms with van der Waals surface area (Å²) in [5.74, 6) is -1.32.